The third-order valence-corrected chi connectivity index (χ3v) is 9.32. The highest BCUT2D eigenvalue weighted by Crippen LogP contribution is 2.42. The number of nitriles is 1. The Labute approximate surface area is 222 Å². The van der Waals surface area contributed by atoms with Crippen molar-refractivity contribution in [2.45, 2.75) is 4.21 Å². The smallest absolute Gasteiger partial charge is 0.391 e. The molecule has 3 aromatic rings. The van der Waals surface area contributed by atoms with Gasteiger partial charge in [-0.3, -0.25) is 9.69 Å². The van der Waals surface area contributed by atoms with Gasteiger partial charge in [0.1, 0.15) is 28.1 Å². The zero-order valence-electron chi connectivity index (χ0n) is 20.0. The van der Waals surface area contributed by atoms with Crippen LogP contribution < -0.4 is 26.0 Å². The minimum absolute atomic E-state index is 0.0953. The Kier molecular flexibility index (Phi) is 9.94. The first-order chi connectivity index (χ1) is 18.0. The number of hydrogen-bond donors (Lipinski definition) is 5. The molecule has 3 rings (SSSR count). The molecule has 1 heterocycles. The molecule has 0 aliphatic carbocycles. The van der Waals surface area contributed by atoms with Gasteiger partial charge in [-0.05, 0) is 41.8 Å². The molecule has 16 heteroatoms. The molecule has 204 valence electrons. The van der Waals surface area contributed by atoms with Crippen LogP contribution in [-0.2, 0) is 19.4 Å². The Morgan fingerprint density at radius 1 is 1.18 bits per heavy atom. The van der Waals surface area contributed by atoms with Gasteiger partial charge in [0.25, 0.3) is 10.0 Å². The van der Waals surface area contributed by atoms with E-state index in [1.54, 1.807) is 24.3 Å². The molecule has 0 spiro atoms. The summed E-state index contributed by atoms with van der Waals surface area (Å²) in [6.07, 6.45) is -0.978. The van der Waals surface area contributed by atoms with Gasteiger partial charge < -0.3 is 26.2 Å². The Hall–Kier alpha value is -2.93. The Balaban J connectivity index is 1.67. The fourth-order valence-electron chi connectivity index (χ4n) is 3.35. The number of carbonyl (C=O) groups is 1. The molecular weight excluding hydrogens is 558 g/mol. The summed E-state index contributed by atoms with van der Waals surface area (Å²) < 4.78 is 59.0. The standard InChI is InChI=1S/C22H26FN6O6PS2/c23-19-11-18(3-1-15(19)12-26)35-36(31,32)14-27-38(33,34)22-10-16-9-17(2-4-20(16)37-22)28-21(30)13-29(7-5-24)8-6-25/h1-4,9-11,27H,5-8,13-14,24-25H2,(H,28,30)(H,31,32). The molecule has 0 fully saturated rings. The fraction of sp³-hybridized carbons (Fsp3) is 0.273. The van der Waals surface area contributed by atoms with Crippen molar-refractivity contribution in [2.75, 3.05) is 44.3 Å². The van der Waals surface area contributed by atoms with Crippen LogP contribution in [0.1, 0.15) is 5.56 Å². The normalized spacial score (nSPS) is 13.3. The number of thiophene rings is 1. The van der Waals surface area contributed by atoms with Gasteiger partial charge >= 0.3 is 7.60 Å². The summed E-state index contributed by atoms with van der Waals surface area (Å²) >= 11 is 0.925. The van der Waals surface area contributed by atoms with Gasteiger partial charge in [-0.2, -0.15) is 9.98 Å². The van der Waals surface area contributed by atoms with Gasteiger partial charge in [0.05, 0.1) is 12.1 Å². The molecule has 7 N–H and O–H groups in total. The number of rotatable bonds is 13. The highest BCUT2D eigenvalue weighted by molar-refractivity contribution is 7.92. The lowest BCUT2D eigenvalue weighted by atomic mass is 10.2. The van der Waals surface area contributed by atoms with E-state index in [1.165, 1.54) is 6.07 Å². The zero-order valence-corrected chi connectivity index (χ0v) is 22.5. The van der Waals surface area contributed by atoms with E-state index in [2.05, 4.69) is 5.32 Å². The molecule has 12 nitrogen and oxygen atoms in total. The minimum atomic E-state index is -4.56. The van der Waals surface area contributed by atoms with Gasteiger partial charge in [-0.1, -0.05) is 0 Å². The first-order valence-electron chi connectivity index (χ1n) is 11.1. The van der Waals surface area contributed by atoms with E-state index >= 15 is 0 Å². The molecule has 1 aromatic heterocycles. The monoisotopic (exact) mass is 584 g/mol. The average Bonchev–Trinajstić information content (AvgIpc) is 3.28. The fourth-order valence-corrected chi connectivity index (χ4v) is 7.27. The summed E-state index contributed by atoms with van der Waals surface area (Å²) in [5.74, 6) is -1.57. The van der Waals surface area contributed by atoms with E-state index in [0.29, 0.717) is 42.0 Å². The maximum Gasteiger partial charge on any atom is 0.391 e. The highest BCUT2D eigenvalue weighted by atomic mass is 32.2. The SMILES string of the molecule is N#Cc1ccc(OP(=O)(O)CNS(=O)(=O)c2cc3cc(NC(=O)CN(CCN)CCN)ccc3s2)cc1F. The molecule has 0 bridgehead atoms. The topological polar surface area (TPSA) is 201 Å². The Morgan fingerprint density at radius 3 is 2.53 bits per heavy atom. The number of nitrogens with two attached hydrogens (primary N) is 2. The molecule has 0 aliphatic heterocycles. The van der Waals surface area contributed by atoms with Crippen molar-refractivity contribution in [2.24, 2.45) is 11.5 Å². The van der Waals surface area contributed by atoms with E-state index in [4.69, 9.17) is 21.3 Å². The third kappa shape index (κ3) is 8.03. The minimum Gasteiger partial charge on any atom is -0.424 e. The predicted molar refractivity (Wildman–Crippen MR) is 142 cm³/mol. The van der Waals surface area contributed by atoms with Crippen LogP contribution in [0.25, 0.3) is 10.1 Å². The lowest BCUT2D eigenvalue weighted by molar-refractivity contribution is -0.117. The quantitative estimate of drug-likeness (QED) is 0.184. The summed E-state index contributed by atoms with van der Waals surface area (Å²) in [5, 5.41) is 12.0. The number of hydrogen-bond acceptors (Lipinski definition) is 10. The van der Waals surface area contributed by atoms with E-state index in [-0.39, 0.29) is 28.0 Å². The van der Waals surface area contributed by atoms with E-state index in [9.17, 15) is 27.1 Å². The van der Waals surface area contributed by atoms with E-state index in [1.807, 2.05) is 9.62 Å². The first-order valence-corrected chi connectivity index (χ1v) is 15.2. The van der Waals surface area contributed by atoms with Crippen LogP contribution in [0, 0.1) is 17.1 Å². The van der Waals surface area contributed by atoms with Crippen LogP contribution in [0.3, 0.4) is 0 Å². The second kappa shape index (κ2) is 12.7. The summed E-state index contributed by atoms with van der Waals surface area (Å²) in [4.78, 5) is 24.3. The number of benzene rings is 2. The second-order valence-electron chi connectivity index (χ2n) is 8.01. The molecule has 0 saturated heterocycles. The second-order valence-corrected chi connectivity index (χ2v) is 12.9. The van der Waals surface area contributed by atoms with Crippen molar-refractivity contribution >= 4 is 50.6 Å². The van der Waals surface area contributed by atoms with Crippen LogP contribution >= 0.6 is 18.9 Å². The van der Waals surface area contributed by atoms with Crippen molar-refractivity contribution in [3.63, 3.8) is 0 Å². The summed E-state index contributed by atoms with van der Waals surface area (Å²) in [5.41, 5.74) is 11.3. The molecule has 0 radical (unpaired) electrons. The lowest BCUT2D eigenvalue weighted by Gasteiger charge is -2.19. The molecule has 1 unspecified atom stereocenters. The summed E-state index contributed by atoms with van der Waals surface area (Å²) in [7, 11) is -8.77. The van der Waals surface area contributed by atoms with Crippen molar-refractivity contribution in [3.8, 4) is 11.8 Å². The van der Waals surface area contributed by atoms with Crippen LogP contribution in [0.15, 0.2) is 46.7 Å². The number of sulfonamides is 1. The van der Waals surface area contributed by atoms with Crippen LogP contribution in [0.4, 0.5) is 10.1 Å². The van der Waals surface area contributed by atoms with Crippen molar-refractivity contribution in [3.05, 3.63) is 53.8 Å². The maximum absolute atomic E-state index is 13.7. The Morgan fingerprint density at radius 2 is 1.89 bits per heavy atom. The molecule has 38 heavy (non-hydrogen) atoms. The van der Waals surface area contributed by atoms with E-state index in [0.717, 1.165) is 29.5 Å². The Bertz CT molecular complexity index is 1500. The van der Waals surface area contributed by atoms with Gasteiger partial charge in [-0.15, -0.1) is 11.3 Å². The largest absolute Gasteiger partial charge is 0.424 e. The van der Waals surface area contributed by atoms with E-state index < -0.39 is 29.7 Å². The predicted octanol–water partition coefficient (Wildman–Crippen LogP) is 1.57. The molecular formula is C22H26FN6O6PS2. The number of halogens is 1. The molecule has 0 aliphatic rings. The summed E-state index contributed by atoms with van der Waals surface area (Å²) in [6.45, 7) is 1.88. The number of amides is 1. The lowest BCUT2D eigenvalue weighted by Crippen LogP contribution is -2.39. The molecule has 1 amide bonds. The molecule has 2 aromatic carbocycles. The van der Waals surface area contributed by atoms with Crippen LogP contribution in [0.2, 0.25) is 0 Å². The average molecular weight is 585 g/mol. The van der Waals surface area contributed by atoms with Crippen LogP contribution in [0.5, 0.6) is 5.75 Å². The summed E-state index contributed by atoms with van der Waals surface area (Å²) in [6, 6.07) is 10.8. The number of nitrogens with one attached hydrogen (secondary N) is 2. The number of fused-ring (bicyclic) bond motifs is 1. The third-order valence-electron chi connectivity index (χ3n) is 5.06. The first kappa shape index (κ1) is 29.6. The van der Waals surface area contributed by atoms with Gasteiger partial charge in [0.15, 0.2) is 0 Å². The van der Waals surface area contributed by atoms with Crippen molar-refractivity contribution < 1.29 is 31.6 Å². The highest BCUT2D eigenvalue weighted by Gasteiger charge is 2.27. The maximum atomic E-state index is 13.7. The van der Waals surface area contributed by atoms with Gasteiger partial charge in [0, 0.05) is 42.6 Å². The van der Waals surface area contributed by atoms with Crippen molar-refractivity contribution in [1.82, 2.24) is 9.62 Å². The number of carbonyl (C=O) groups excluding carboxylic acids is 1. The van der Waals surface area contributed by atoms with Gasteiger partial charge in [-0.25, -0.2) is 17.4 Å². The molecule has 0 saturated carbocycles. The molecule has 1 atom stereocenters. The number of anilines is 1. The van der Waals surface area contributed by atoms with Crippen molar-refractivity contribution in [1.29, 1.82) is 5.26 Å². The zero-order chi connectivity index (χ0) is 27.9. The van der Waals surface area contributed by atoms with Gasteiger partial charge in [0.2, 0.25) is 5.91 Å². The number of nitrogens with zero attached hydrogens (tertiary/aromatic N) is 2. The van der Waals surface area contributed by atoms with Crippen LogP contribution in [-0.4, -0.2) is 63.1 Å².